The number of nitrogens with one attached hydrogen (secondary N) is 1. The molecule has 1 amide bonds. The zero-order valence-corrected chi connectivity index (χ0v) is 13.6. The third kappa shape index (κ3) is 5.21. The van der Waals surface area contributed by atoms with E-state index in [0.717, 1.165) is 6.42 Å². The average molecular weight is 295 g/mol. The van der Waals surface area contributed by atoms with E-state index >= 15 is 0 Å². The lowest BCUT2D eigenvalue weighted by Crippen LogP contribution is -2.47. The molecular weight excluding hydrogens is 270 g/mol. The van der Waals surface area contributed by atoms with Gasteiger partial charge in [-0.2, -0.15) is 5.10 Å². The highest BCUT2D eigenvalue weighted by molar-refractivity contribution is 5.95. The van der Waals surface area contributed by atoms with Crippen LogP contribution in [0.4, 0.5) is 0 Å². The van der Waals surface area contributed by atoms with Crippen molar-refractivity contribution in [1.29, 1.82) is 0 Å². The summed E-state index contributed by atoms with van der Waals surface area (Å²) in [5, 5.41) is 6.77. The Kier molecular flexibility index (Phi) is 5.52. The quantitative estimate of drug-likeness (QED) is 0.842. The van der Waals surface area contributed by atoms with Crippen molar-refractivity contribution in [3.63, 3.8) is 0 Å². The Morgan fingerprint density at radius 1 is 1.43 bits per heavy atom. The highest BCUT2D eigenvalue weighted by Gasteiger charge is 2.31. The normalized spacial score (nSPS) is 14.4. The van der Waals surface area contributed by atoms with Crippen molar-refractivity contribution < 1.29 is 14.3 Å². The molecule has 0 aromatic carbocycles. The van der Waals surface area contributed by atoms with E-state index in [0.29, 0.717) is 0 Å². The minimum atomic E-state index is -0.677. The number of aromatic nitrogens is 2. The van der Waals surface area contributed by atoms with Crippen molar-refractivity contribution in [2.24, 2.45) is 13.0 Å². The first kappa shape index (κ1) is 17.2. The van der Waals surface area contributed by atoms with Gasteiger partial charge in [-0.1, -0.05) is 20.3 Å². The predicted molar refractivity (Wildman–Crippen MR) is 79.8 cm³/mol. The van der Waals surface area contributed by atoms with E-state index < -0.39 is 17.6 Å². The smallest absolute Gasteiger partial charge is 0.329 e. The molecule has 1 rings (SSSR count). The van der Waals surface area contributed by atoms with Crippen molar-refractivity contribution in [3.05, 3.63) is 18.0 Å². The third-order valence-electron chi connectivity index (χ3n) is 3.11. The number of ether oxygens (including phenoxy) is 1. The Labute approximate surface area is 125 Å². The van der Waals surface area contributed by atoms with E-state index in [1.165, 1.54) is 0 Å². The summed E-state index contributed by atoms with van der Waals surface area (Å²) in [5.74, 6) is -0.805. The molecule has 1 N–H and O–H groups in total. The number of nitrogens with zero attached hydrogens (tertiary/aromatic N) is 2. The molecule has 1 heterocycles. The summed E-state index contributed by atoms with van der Waals surface area (Å²) in [4.78, 5) is 24.4. The summed E-state index contributed by atoms with van der Waals surface area (Å²) in [6.07, 6.45) is 2.44. The van der Waals surface area contributed by atoms with Gasteiger partial charge in [0.2, 0.25) is 0 Å². The number of carbonyl (C=O) groups is 2. The molecule has 0 fully saturated rings. The molecular formula is C15H25N3O3. The van der Waals surface area contributed by atoms with Gasteiger partial charge in [0.25, 0.3) is 5.91 Å². The van der Waals surface area contributed by atoms with Crippen LogP contribution in [0, 0.1) is 5.92 Å². The van der Waals surface area contributed by atoms with Gasteiger partial charge in [0.1, 0.15) is 17.3 Å². The first-order chi connectivity index (χ1) is 9.64. The van der Waals surface area contributed by atoms with E-state index in [1.807, 2.05) is 13.8 Å². The van der Waals surface area contributed by atoms with Crippen molar-refractivity contribution in [1.82, 2.24) is 15.1 Å². The van der Waals surface area contributed by atoms with Gasteiger partial charge >= 0.3 is 5.97 Å². The first-order valence-corrected chi connectivity index (χ1v) is 7.17. The second-order valence-corrected chi connectivity index (χ2v) is 6.24. The van der Waals surface area contributed by atoms with Gasteiger partial charge in [-0.05, 0) is 32.8 Å². The molecule has 6 heteroatoms. The minimum absolute atomic E-state index is 0.0208. The highest BCUT2D eigenvalue weighted by atomic mass is 16.6. The molecule has 0 saturated heterocycles. The number of aryl methyl sites for hydroxylation is 1. The van der Waals surface area contributed by atoms with Crippen LogP contribution in [0.1, 0.15) is 51.5 Å². The van der Waals surface area contributed by atoms with Crippen LogP contribution in [0.25, 0.3) is 0 Å². The van der Waals surface area contributed by atoms with E-state index in [2.05, 4.69) is 10.4 Å². The zero-order valence-electron chi connectivity index (χ0n) is 13.6. The molecule has 1 aromatic heterocycles. The van der Waals surface area contributed by atoms with Crippen LogP contribution in [-0.4, -0.2) is 33.3 Å². The topological polar surface area (TPSA) is 73.2 Å². The van der Waals surface area contributed by atoms with Gasteiger partial charge in [-0.25, -0.2) is 4.79 Å². The Balaban J connectivity index is 2.83. The molecule has 1 aromatic rings. The Bertz CT molecular complexity index is 503. The van der Waals surface area contributed by atoms with E-state index in [9.17, 15) is 9.59 Å². The van der Waals surface area contributed by atoms with Crippen LogP contribution in [0.15, 0.2) is 12.3 Å². The molecule has 0 aliphatic heterocycles. The number of hydrogen-bond acceptors (Lipinski definition) is 4. The molecule has 21 heavy (non-hydrogen) atoms. The fourth-order valence-corrected chi connectivity index (χ4v) is 1.79. The fourth-order valence-electron chi connectivity index (χ4n) is 1.79. The van der Waals surface area contributed by atoms with Crippen LogP contribution in [0.5, 0.6) is 0 Å². The third-order valence-corrected chi connectivity index (χ3v) is 3.11. The SMILES string of the molecule is CC[C@H](C)[C@H](NC(=O)c1ccn(C)n1)C(=O)OC(C)(C)C. The highest BCUT2D eigenvalue weighted by Crippen LogP contribution is 2.15. The van der Waals surface area contributed by atoms with Crippen LogP contribution in [0.2, 0.25) is 0 Å². The lowest BCUT2D eigenvalue weighted by Gasteiger charge is -2.27. The molecule has 0 aliphatic carbocycles. The Hall–Kier alpha value is -1.85. The minimum Gasteiger partial charge on any atom is -0.458 e. The standard InChI is InChI=1S/C15H25N3O3/c1-7-10(2)12(14(20)21-15(3,4)5)16-13(19)11-8-9-18(6)17-11/h8-10,12H,7H2,1-6H3,(H,16,19)/t10-,12-/m0/s1. The van der Waals surface area contributed by atoms with Crippen LogP contribution >= 0.6 is 0 Å². The summed E-state index contributed by atoms with van der Waals surface area (Å²) >= 11 is 0. The van der Waals surface area contributed by atoms with E-state index in [4.69, 9.17) is 4.74 Å². The largest absolute Gasteiger partial charge is 0.458 e. The summed E-state index contributed by atoms with van der Waals surface area (Å²) in [6.45, 7) is 9.29. The maximum Gasteiger partial charge on any atom is 0.329 e. The van der Waals surface area contributed by atoms with Gasteiger partial charge in [0, 0.05) is 13.2 Å². The molecule has 118 valence electrons. The van der Waals surface area contributed by atoms with Crippen molar-refractivity contribution in [3.8, 4) is 0 Å². The van der Waals surface area contributed by atoms with Crippen LogP contribution < -0.4 is 5.32 Å². The number of rotatable bonds is 5. The second-order valence-electron chi connectivity index (χ2n) is 6.24. The predicted octanol–water partition coefficient (Wildman–Crippen LogP) is 1.91. The molecule has 0 aliphatic rings. The second kappa shape index (κ2) is 6.74. The number of carbonyl (C=O) groups excluding carboxylic acids is 2. The lowest BCUT2D eigenvalue weighted by atomic mass is 9.98. The van der Waals surface area contributed by atoms with E-state index in [-0.39, 0.29) is 17.5 Å². The first-order valence-electron chi connectivity index (χ1n) is 7.17. The summed E-state index contributed by atoms with van der Waals surface area (Å²) in [5.41, 5.74) is -0.298. The summed E-state index contributed by atoms with van der Waals surface area (Å²) in [6, 6.07) is 0.932. The summed E-state index contributed by atoms with van der Waals surface area (Å²) in [7, 11) is 1.73. The maximum absolute atomic E-state index is 12.3. The van der Waals surface area contributed by atoms with Gasteiger partial charge in [-0.3, -0.25) is 9.48 Å². The lowest BCUT2D eigenvalue weighted by molar-refractivity contribution is -0.158. The molecule has 0 spiro atoms. The molecule has 6 nitrogen and oxygen atoms in total. The van der Waals surface area contributed by atoms with Crippen LogP contribution in [-0.2, 0) is 16.6 Å². The average Bonchev–Trinajstić information content (AvgIpc) is 2.79. The molecule has 2 atom stereocenters. The van der Waals surface area contributed by atoms with Crippen molar-refractivity contribution >= 4 is 11.9 Å². The fraction of sp³-hybridized carbons (Fsp3) is 0.667. The van der Waals surface area contributed by atoms with Gasteiger partial charge in [0.05, 0.1) is 0 Å². The van der Waals surface area contributed by atoms with Crippen molar-refractivity contribution in [2.75, 3.05) is 0 Å². The number of hydrogen-bond donors (Lipinski definition) is 1. The molecule has 0 bridgehead atoms. The molecule has 0 unspecified atom stereocenters. The number of amides is 1. The van der Waals surface area contributed by atoms with Gasteiger partial charge in [0.15, 0.2) is 0 Å². The van der Waals surface area contributed by atoms with Crippen molar-refractivity contribution in [2.45, 2.75) is 52.7 Å². The Morgan fingerprint density at radius 2 is 2.05 bits per heavy atom. The van der Waals surface area contributed by atoms with Crippen LogP contribution in [0.3, 0.4) is 0 Å². The monoisotopic (exact) mass is 295 g/mol. The zero-order chi connectivity index (χ0) is 16.2. The Morgan fingerprint density at radius 3 is 2.48 bits per heavy atom. The maximum atomic E-state index is 12.3. The molecule has 0 saturated carbocycles. The van der Waals surface area contributed by atoms with Gasteiger partial charge < -0.3 is 10.1 Å². The number of esters is 1. The summed E-state index contributed by atoms with van der Waals surface area (Å²) < 4.78 is 6.93. The van der Waals surface area contributed by atoms with E-state index in [1.54, 1.807) is 44.8 Å². The molecule has 0 radical (unpaired) electrons. The van der Waals surface area contributed by atoms with Gasteiger partial charge in [-0.15, -0.1) is 0 Å².